The minimum absolute atomic E-state index is 0.0547. The molecule has 0 aliphatic rings. The summed E-state index contributed by atoms with van der Waals surface area (Å²) >= 11 is 0. The second-order valence-electron chi connectivity index (χ2n) is 2.67. The van der Waals surface area contributed by atoms with E-state index >= 15 is 0 Å². The molecule has 0 heterocycles. The highest BCUT2D eigenvalue weighted by Crippen LogP contribution is 1.95. The third-order valence-electron chi connectivity index (χ3n) is 1.51. The third kappa shape index (κ3) is 6.10. The first-order valence-corrected chi connectivity index (χ1v) is 4.16. The van der Waals surface area contributed by atoms with Crippen LogP contribution < -0.4 is 5.32 Å². The van der Waals surface area contributed by atoms with E-state index in [-0.39, 0.29) is 13.0 Å². The zero-order chi connectivity index (χ0) is 11.0. The Bertz CT molecular complexity index is 229. The summed E-state index contributed by atoms with van der Waals surface area (Å²) in [6, 6.07) is 0. The molecule has 6 heteroatoms. The number of carboxylic acid groups (broad SMARTS) is 1. The molecule has 0 aliphatic carbocycles. The van der Waals surface area contributed by atoms with Gasteiger partial charge in [-0.15, -0.1) is 0 Å². The van der Waals surface area contributed by atoms with E-state index in [1.807, 2.05) is 0 Å². The summed E-state index contributed by atoms with van der Waals surface area (Å²) in [5.41, 5.74) is 0. The van der Waals surface area contributed by atoms with Gasteiger partial charge in [-0.25, -0.2) is 9.18 Å². The van der Waals surface area contributed by atoms with E-state index in [1.54, 1.807) is 0 Å². The van der Waals surface area contributed by atoms with Crippen LogP contribution >= 0.6 is 0 Å². The molecule has 0 saturated heterocycles. The van der Waals surface area contributed by atoms with Crippen molar-refractivity contribution in [1.29, 1.82) is 0 Å². The first-order chi connectivity index (χ1) is 6.57. The predicted molar refractivity (Wildman–Crippen MR) is 45.5 cm³/mol. The number of hydrogen-bond acceptors (Lipinski definition) is 3. The van der Waals surface area contributed by atoms with Crippen LogP contribution in [0.3, 0.4) is 0 Å². The Hall–Kier alpha value is -1.46. The van der Waals surface area contributed by atoms with Gasteiger partial charge in [-0.1, -0.05) is 0 Å². The van der Waals surface area contributed by atoms with E-state index in [0.717, 1.165) is 0 Å². The molecule has 14 heavy (non-hydrogen) atoms. The number of ketones is 1. The van der Waals surface area contributed by atoms with Crippen molar-refractivity contribution in [2.75, 3.05) is 13.2 Å². The number of Topliss-reactive ketones (excluding diaryl/α,β-unsaturated/α-hetero) is 1. The van der Waals surface area contributed by atoms with Crippen LogP contribution in [0.2, 0.25) is 0 Å². The van der Waals surface area contributed by atoms with Crippen LogP contribution in [0.4, 0.5) is 4.39 Å². The summed E-state index contributed by atoms with van der Waals surface area (Å²) in [6.45, 7) is -0.802. The maximum atomic E-state index is 11.6. The van der Waals surface area contributed by atoms with E-state index in [2.05, 4.69) is 5.32 Å². The second kappa shape index (κ2) is 6.99. The zero-order valence-corrected chi connectivity index (χ0v) is 7.59. The molecule has 80 valence electrons. The van der Waals surface area contributed by atoms with E-state index in [0.29, 0.717) is 12.8 Å². The van der Waals surface area contributed by atoms with Crippen molar-refractivity contribution in [2.45, 2.75) is 19.3 Å². The molecule has 0 aromatic heterocycles. The lowest BCUT2D eigenvalue weighted by Gasteiger charge is -2.00. The Labute approximate surface area is 80.3 Å². The number of unbranched alkanes of at least 4 members (excludes halogenated alkanes) is 1. The van der Waals surface area contributed by atoms with Crippen LogP contribution in [-0.4, -0.2) is 36.0 Å². The van der Waals surface area contributed by atoms with Gasteiger partial charge in [0.25, 0.3) is 5.91 Å². The first-order valence-electron chi connectivity index (χ1n) is 4.16. The lowest BCUT2D eigenvalue weighted by molar-refractivity contribution is -0.149. The van der Waals surface area contributed by atoms with E-state index in [4.69, 9.17) is 5.11 Å². The molecular formula is C8H12FNO4. The number of rotatable bonds is 7. The second-order valence-corrected chi connectivity index (χ2v) is 2.67. The zero-order valence-electron chi connectivity index (χ0n) is 7.59. The normalized spacial score (nSPS) is 9.50. The number of alkyl halides is 1. The fourth-order valence-corrected chi connectivity index (χ4v) is 0.793. The molecule has 0 aromatic rings. The average Bonchev–Trinajstić information content (AvgIpc) is 2.16. The number of aliphatic carboxylic acids is 1. The summed E-state index contributed by atoms with van der Waals surface area (Å²) in [4.78, 5) is 31.0. The SMILES string of the molecule is O=C(CF)NCCCCC(=O)C(=O)O. The number of carbonyl (C=O) groups is 3. The van der Waals surface area contributed by atoms with E-state index in [1.165, 1.54) is 0 Å². The molecule has 5 nitrogen and oxygen atoms in total. The van der Waals surface area contributed by atoms with Crippen molar-refractivity contribution in [3.05, 3.63) is 0 Å². The summed E-state index contributed by atoms with van der Waals surface area (Å²) in [7, 11) is 0. The number of carboxylic acids is 1. The van der Waals surface area contributed by atoms with Gasteiger partial charge in [0.05, 0.1) is 0 Å². The monoisotopic (exact) mass is 205 g/mol. The van der Waals surface area contributed by atoms with Gasteiger partial charge >= 0.3 is 5.97 Å². The minimum atomic E-state index is -1.45. The highest BCUT2D eigenvalue weighted by atomic mass is 19.1. The molecule has 0 fully saturated rings. The number of nitrogens with one attached hydrogen (secondary N) is 1. The average molecular weight is 205 g/mol. The van der Waals surface area contributed by atoms with Gasteiger partial charge < -0.3 is 10.4 Å². The lowest BCUT2D eigenvalue weighted by atomic mass is 10.2. The van der Waals surface area contributed by atoms with Crippen molar-refractivity contribution >= 4 is 17.7 Å². The summed E-state index contributed by atoms with van der Waals surface area (Å²) < 4.78 is 11.6. The first kappa shape index (κ1) is 12.5. The van der Waals surface area contributed by atoms with Crippen LogP contribution in [0.5, 0.6) is 0 Å². The van der Waals surface area contributed by atoms with Gasteiger partial charge in [0.1, 0.15) is 0 Å². The molecular weight excluding hydrogens is 193 g/mol. The highest BCUT2D eigenvalue weighted by Gasteiger charge is 2.09. The highest BCUT2D eigenvalue weighted by molar-refractivity contribution is 6.32. The molecule has 2 N–H and O–H groups in total. The van der Waals surface area contributed by atoms with Crippen LogP contribution in [-0.2, 0) is 14.4 Å². The molecule has 0 rings (SSSR count). The summed E-state index contributed by atoms with van der Waals surface area (Å²) in [5, 5.41) is 10.5. The van der Waals surface area contributed by atoms with Crippen molar-refractivity contribution in [2.24, 2.45) is 0 Å². The van der Waals surface area contributed by atoms with Crippen LogP contribution in [0.1, 0.15) is 19.3 Å². The molecule has 0 saturated carbocycles. The van der Waals surface area contributed by atoms with Crippen LogP contribution in [0, 0.1) is 0 Å². The van der Waals surface area contributed by atoms with Crippen molar-refractivity contribution < 1.29 is 23.9 Å². The molecule has 0 aromatic carbocycles. The van der Waals surface area contributed by atoms with Gasteiger partial charge in [-0.2, -0.15) is 0 Å². The summed E-state index contributed by atoms with van der Waals surface area (Å²) in [6.07, 6.45) is 0.781. The van der Waals surface area contributed by atoms with Gasteiger partial charge in [-0.05, 0) is 12.8 Å². The standard InChI is InChI=1S/C8H12FNO4/c9-5-7(12)10-4-2-1-3-6(11)8(13)14/h1-5H2,(H,10,12)(H,13,14). The fourth-order valence-electron chi connectivity index (χ4n) is 0.793. The maximum absolute atomic E-state index is 11.6. The molecule has 0 spiro atoms. The quantitative estimate of drug-likeness (QED) is 0.449. The van der Waals surface area contributed by atoms with Crippen molar-refractivity contribution in [1.82, 2.24) is 5.32 Å². The fraction of sp³-hybridized carbons (Fsp3) is 0.625. The predicted octanol–water partition coefficient (Wildman–Crippen LogP) is -0.104. The Kier molecular flexibility index (Phi) is 6.26. The molecule has 0 atom stereocenters. The molecule has 1 amide bonds. The van der Waals surface area contributed by atoms with E-state index in [9.17, 15) is 18.8 Å². The van der Waals surface area contributed by atoms with Gasteiger partial charge in [0.15, 0.2) is 6.67 Å². The molecule has 0 aliphatic heterocycles. The number of amides is 1. The molecule has 0 bridgehead atoms. The molecule has 0 unspecified atom stereocenters. The minimum Gasteiger partial charge on any atom is -0.476 e. The smallest absolute Gasteiger partial charge is 0.372 e. The Balaban J connectivity index is 3.34. The van der Waals surface area contributed by atoms with Gasteiger partial charge in [0.2, 0.25) is 5.78 Å². The van der Waals surface area contributed by atoms with Gasteiger partial charge in [0, 0.05) is 13.0 Å². The lowest BCUT2D eigenvalue weighted by Crippen LogP contribution is -2.25. The van der Waals surface area contributed by atoms with Crippen LogP contribution in [0.25, 0.3) is 0 Å². The van der Waals surface area contributed by atoms with Crippen molar-refractivity contribution in [3.8, 4) is 0 Å². The summed E-state index contributed by atoms with van der Waals surface area (Å²) in [5.74, 6) is -2.99. The third-order valence-corrected chi connectivity index (χ3v) is 1.51. The number of halogens is 1. The Morgan fingerprint density at radius 2 is 1.86 bits per heavy atom. The van der Waals surface area contributed by atoms with Gasteiger partial charge in [-0.3, -0.25) is 9.59 Å². The molecule has 0 radical (unpaired) electrons. The number of carbonyl (C=O) groups excluding carboxylic acids is 2. The van der Waals surface area contributed by atoms with Crippen molar-refractivity contribution in [3.63, 3.8) is 0 Å². The Morgan fingerprint density at radius 3 is 2.36 bits per heavy atom. The van der Waals surface area contributed by atoms with Crippen LogP contribution in [0.15, 0.2) is 0 Å². The van der Waals surface area contributed by atoms with E-state index < -0.39 is 24.3 Å². The maximum Gasteiger partial charge on any atom is 0.372 e. The topological polar surface area (TPSA) is 83.5 Å². The number of hydrogen-bond donors (Lipinski definition) is 2. The Morgan fingerprint density at radius 1 is 1.21 bits per heavy atom. The largest absolute Gasteiger partial charge is 0.476 e.